The molecule has 1 N–H and O–H groups in total. The van der Waals surface area contributed by atoms with Crippen LogP contribution in [0, 0.1) is 0 Å². The topological polar surface area (TPSA) is 93.5 Å². The van der Waals surface area contributed by atoms with Crippen LogP contribution in [0.3, 0.4) is 0 Å². The molecule has 0 aliphatic heterocycles. The second-order valence-corrected chi connectivity index (χ2v) is 9.80. The average molecular weight is 491 g/mol. The van der Waals surface area contributed by atoms with E-state index in [1.807, 2.05) is 41.2 Å². The fourth-order valence-corrected chi connectivity index (χ4v) is 4.67. The Morgan fingerprint density at radius 3 is 2.51 bits per heavy atom. The zero-order valence-electron chi connectivity index (χ0n) is 19.5. The van der Waals surface area contributed by atoms with Crippen molar-refractivity contribution in [2.24, 2.45) is 0 Å². The molecule has 9 heteroatoms. The number of rotatable bonds is 9. The minimum atomic E-state index is -3.85. The third kappa shape index (κ3) is 5.65. The first kappa shape index (κ1) is 24.3. The Balaban J connectivity index is 1.48. The van der Waals surface area contributed by atoms with E-state index in [0.717, 1.165) is 26.7 Å². The monoisotopic (exact) mass is 490 g/mol. The summed E-state index contributed by atoms with van der Waals surface area (Å²) in [7, 11) is -1.29. The Morgan fingerprint density at radius 1 is 1.03 bits per heavy atom. The van der Waals surface area contributed by atoms with Crippen molar-refractivity contribution >= 4 is 15.9 Å². The molecule has 4 aromatic rings. The molecule has 0 atom stereocenters. The molecule has 8 nitrogen and oxygen atoms in total. The number of nitrogens with zero attached hydrogens (tertiary/aromatic N) is 3. The van der Waals surface area contributed by atoms with Crippen molar-refractivity contribution in [2.75, 3.05) is 14.2 Å². The molecule has 35 heavy (non-hydrogen) atoms. The van der Waals surface area contributed by atoms with E-state index in [9.17, 15) is 13.2 Å². The number of sulfonamides is 1. The van der Waals surface area contributed by atoms with E-state index in [-0.39, 0.29) is 16.4 Å². The number of hydrogen-bond donors (Lipinski definition) is 1. The molecule has 180 valence electrons. The smallest absolute Gasteiger partial charge is 0.264 e. The van der Waals surface area contributed by atoms with Crippen LogP contribution in [0.4, 0.5) is 0 Å². The van der Waals surface area contributed by atoms with Crippen molar-refractivity contribution < 1.29 is 18.0 Å². The largest absolute Gasteiger partial charge is 0.348 e. The van der Waals surface area contributed by atoms with Gasteiger partial charge in [0.1, 0.15) is 0 Å². The van der Waals surface area contributed by atoms with Crippen LogP contribution in [0.5, 0.6) is 0 Å². The fourth-order valence-electron chi connectivity index (χ4n) is 3.65. The van der Waals surface area contributed by atoms with Crippen LogP contribution < -0.4 is 5.32 Å². The summed E-state index contributed by atoms with van der Waals surface area (Å²) in [6.07, 6.45) is 3.68. The van der Waals surface area contributed by atoms with Gasteiger partial charge in [0, 0.05) is 31.5 Å². The van der Waals surface area contributed by atoms with Gasteiger partial charge in [0.25, 0.3) is 15.9 Å². The van der Waals surface area contributed by atoms with Crippen molar-refractivity contribution in [3.8, 4) is 11.1 Å². The number of carbonyl (C=O) groups is 1. The molecule has 0 radical (unpaired) electrons. The van der Waals surface area contributed by atoms with Crippen LogP contribution in [-0.2, 0) is 28.0 Å². The summed E-state index contributed by atoms with van der Waals surface area (Å²) in [6, 6.07) is 23.9. The fraction of sp³-hybridized carbons (Fsp3) is 0.154. The third-order valence-electron chi connectivity index (χ3n) is 5.62. The molecule has 3 aromatic carbocycles. The van der Waals surface area contributed by atoms with Gasteiger partial charge in [0.05, 0.1) is 18.6 Å². The summed E-state index contributed by atoms with van der Waals surface area (Å²) in [6.45, 7) is 0.985. The Morgan fingerprint density at radius 2 is 1.80 bits per heavy atom. The lowest BCUT2D eigenvalue weighted by atomic mass is 9.98. The molecular weight excluding hydrogens is 464 g/mol. The zero-order chi connectivity index (χ0) is 24.8. The van der Waals surface area contributed by atoms with Crippen LogP contribution in [-0.4, -0.2) is 42.7 Å². The molecule has 1 amide bonds. The molecule has 0 saturated heterocycles. The predicted molar refractivity (Wildman–Crippen MR) is 133 cm³/mol. The van der Waals surface area contributed by atoms with Gasteiger partial charge < -0.3 is 5.32 Å². The van der Waals surface area contributed by atoms with Gasteiger partial charge in [-0.15, -0.1) is 0 Å². The maximum Gasteiger partial charge on any atom is 0.264 e. The van der Waals surface area contributed by atoms with Gasteiger partial charge in [-0.1, -0.05) is 59.1 Å². The normalized spacial score (nSPS) is 11.5. The first-order valence-corrected chi connectivity index (χ1v) is 12.4. The lowest BCUT2D eigenvalue weighted by Gasteiger charge is -2.15. The summed E-state index contributed by atoms with van der Waals surface area (Å²) >= 11 is 0. The maximum atomic E-state index is 12.8. The van der Waals surface area contributed by atoms with Crippen molar-refractivity contribution in [1.82, 2.24) is 19.6 Å². The highest BCUT2D eigenvalue weighted by molar-refractivity contribution is 7.89. The molecule has 0 fully saturated rings. The quantitative estimate of drug-likeness (QED) is 0.361. The third-order valence-corrected chi connectivity index (χ3v) is 7.29. The van der Waals surface area contributed by atoms with Gasteiger partial charge in [0.15, 0.2) is 0 Å². The van der Waals surface area contributed by atoms with E-state index in [0.29, 0.717) is 13.1 Å². The maximum absolute atomic E-state index is 12.8. The Hall–Kier alpha value is -3.79. The van der Waals surface area contributed by atoms with Gasteiger partial charge in [-0.25, -0.2) is 8.42 Å². The summed E-state index contributed by atoms with van der Waals surface area (Å²) in [4.78, 5) is 17.6. The lowest BCUT2D eigenvalue weighted by Crippen LogP contribution is -2.27. The summed E-state index contributed by atoms with van der Waals surface area (Å²) in [5.41, 5.74) is 4.38. The molecule has 0 saturated carbocycles. The molecule has 1 heterocycles. The van der Waals surface area contributed by atoms with E-state index >= 15 is 0 Å². The predicted octanol–water partition coefficient (Wildman–Crippen LogP) is 3.71. The van der Waals surface area contributed by atoms with Gasteiger partial charge in [-0.2, -0.15) is 5.10 Å². The molecule has 1 aromatic heterocycles. The van der Waals surface area contributed by atoms with Crippen LogP contribution in [0.25, 0.3) is 11.1 Å². The Labute approximate surface area is 204 Å². The minimum absolute atomic E-state index is 0.0231. The van der Waals surface area contributed by atoms with Crippen molar-refractivity contribution in [3.05, 3.63) is 108 Å². The summed E-state index contributed by atoms with van der Waals surface area (Å²) in [5, 5.41) is 7.14. The summed E-state index contributed by atoms with van der Waals surface area (Å²) < 4.78 is 27.6. The molecule has 0 spiro atoms. The highest BCUT2D eigenvalue weighted by Crippen LogP contribution is 2.24. The number of hydroxylamine groups is 1. The van der Waals surface area contributed by atoms with E-state index < -0.39 is 10.0 Å². The number of amides is 1. The average Bonchev–Trinajstić information content (AvgIpc) is 3.40. The van der Waals surface area contributed by atoms with Gasteiger partial charge in [-0.05, 0) is 46.5 Å². The van der Waals surface area contributed by atoms with Crippen LogP contribution in [0.15, 0.2) is 96.2 Å². The second-order valence-electron chi connectivity index (χ2n) is 7.87. The summed E-state index contributed by atoms with van der Waals surface area (Å²) in [5.74, 6) is -0.369. The van der Waals surface area contributed by atoms with Crippen molar-refractivity contribution in [2.45, 2.75) is 18.0 Å². The van der Waals surface area contributed by atoms with Crippen LogP contribution in [0.1, 0.15) is 21.5 Å². The van der Waals surface area contributed by atoms with E-state index in [2.05, 4.69) is 34.7 Å². The standard InChI is InChI=1S/C26H26N4O4S/c1-29(34-2)35(32,33)24-9-5-8-22(17-24)26(31)27-18-23-7-3-4-10-25(23)21-13-11-20(12-14-21)19-30-16-6-15-28-30/h3-17H,18-19H2,1-2H3,(H,27,31). The lowest BCUT2D eigenvalue weighted by molar-refractivity contribution is -0.0258. The number of hydrogen-bond acceptors (Lipinski definition) is 5. The highest BCUT2D eigenvalue weighted by Gasteiger charge is 2.22. The second kappa shape index (κ2) is 10.6. The minimum Gasteiger partial charge on any atom is -0.348 e. The van der Waals surface area contributed by atoms with Gasteiger partial charge >= 0.3 is 0 Å². The number of nitrogens with one attached hydrogen (secondary N) is 1. The van der Waals surface area contributed by atoms with Crippen LogP contribution >= 0.6 is 0 Å². The number of aromatic nitrogens is 2. The zero-order valence-corrected chi connectivity index (χ0v) is 20.3. The molecule has 0 bridgehead atoms. The number of carbonyl (C=O) groups excluding carboxylic acids is 1. The van der Waals surface area contributed by atoms with Gasteiger partial charge in [-0.3, -0.25) is 14.3 Å². The van der Waals surface area contributed by atoms with Crippen LogP contribution in [0.2, 0.25) is 0 Å². The Kier molecular flexibility index (Phi) is 7.40. The van der Waals surface area contributed by atoms with Gasteiger partial charge in [0.2, 0.25) is 0 Å². The SMILES string of the molecule is CON(C)S(=O)(=O)c1cccc(C(=O)NCc2ccccc2-c2ccc(Cn3cccn3)cc2)c1. The molecular formula is C26H26N4O4S. The molecule has 4 rings (SSSR count). The highest BCUT2D eigenvalue weighted by atomic mass is 32.2. The Bertz CT molecular complexity index is 1400. The molecule has 0 unspecified atom stereocenters. The first-order valence-electron chi connectivity index (χ1n) is 10.9. The van der Waals surface area contributed by atoms with Crippen molar-refractivity contribution in [1.29, 1.82) is 0 Å². The van der Waals surface area contributed by atoms with E-state index in [4.69, 9.17) is 4.84 Å². The number of benzene rings is 3. The van der Waals surface area contributed by atoms with E-state index in [1.165, 1.54) is 32.4 Å². The van der Waals surface area contributed by atoms with E-state index in [1.54, 1.807) is 12.3 Å². The first-order chi connectivity index (χ1) is 16.9. The molecule has 0 aliphatic rings. The molecule has 0 aliphatic carbocycles. The van der Waals surface area contributed by atoms with Crippen molar-refractivity contribution in [3.63, 3.8) is 0 Å².